The molecule has 27 heavy (non-hydrogen) atoms. The lowest BCUT2D eigenvalue weighted by atomic mass is 10.2. The standard InChI is InChI=1S/C21H13N3O3/c22-12-14-1-5-17(6-2-14)26-19-9-16(21(24)25)10-20(11-19)27-18-7-3-15(13-23)4-8-18/h1-11H,(H2,24,25). The second-order valence-corrected chi connectivity index (χ2v) is 5.53. The van der Waals surface area contributed by atoms with Gasteiger partial charge in [0.1, 0.15) is 23.0 Å². The predicted octanol–water partition coefficient (Wildman–Crippen LogP) is 4.11. The second-order valence-electron chi connectivity index (χ2n) is 5.53. The zero-order valence-electron chi connectivity index (χ0n) is 14.0. The average molecular weight is 355 g/mol. The van der Waals surface area contributed by atoms with Gasteiger partial charge < -0.3 is 15.2 Å². The van der Waals surface area contributed by atoms with E-state index in [1.54, 1.807) is 54.6 Å². The second kappa shape index (κ2) is 7.73. The van der Waals surface area contributed by atoms with Crippen LogP contribution in [0.5, 0.6) is 23.0 Å². The molecule has 3 aromatic carbocycles. The van der Waals surface area contributed by atoms with Gasteiger partial charge in [0.25, 0.3) is 0 Å². The fraction of sp³-hybridized carbons (Fsp3) is 0. The molecule has 130 valence electrons. The number of carbonyl (C=O) groups excluding carboxylic acids is 1. The predicted molar refractivity (Wildman–Crippen MR) is 97.4 cm³/mol. The molecule has 0 aromatic heterocycles. The number of nitrogens with two attached hydrogens (primary N) is 1. The van der Waals surface area contributed by atoms with Crippen LogP contribution in [0.1, 0.15) is 21.5 Å². The molecular formula is C21H13N3O3. The molecule has 6 heteroatoms. The number of amides is 1. The van der Waals surface area contributed by atoms with Crippen LogP contribution in [-0.2, 0) is 0 Å². The molecule has 0 aliphatic rings. The van der Waals surface area contributed by atoms with Crippen LogP contribution in [0.4, 0.5) is 0 Å². The van der Waals surface area contributed by atoms with Gasteiger partial charge in [0.15, 0.2) is 0 Å². The molecule has 0 saturated heterocycles. The number of hydrogen-bond donors (Lipinski definition) is 1. The molecule has 2 N–H and O–H groups in total. The van der Waals surface area contributed by atoms with Crippen molar-refractivity contribution in [2.45, 2.75) is 0 Å². The third kappa shape index (κ3) is 4.41. The van der Waals surface area contributed by atoms with E-state index in [2.05, 4.69) is 0 Å². The van der Waals surface area contributed by atoms with E-state index in [9.17, 15) is 4.79 Å². The van der Waals surface area contributed by atoms with E-state index in [4.69, 9.17) is 25.7 Å². The third-order valence-electron chi connectivity index (χ3n) is 3.60. The number of benzene rings is 3. The summed E-state index contributed by atoms with van der Waals surface area (Å²) in [4.78, 5) is 11.6. The van der Waals surface area contributed by atoms with Crippen molar-refractivity contribution in [3.05, 3.63) is 83.4 Å². The van der Waals surface area contributed by atoms with Crippen molar-refractivity contribution in [2.24, 2.45) is 5.73 Å². The molecule has 3 rings (SSSR count). The van der Waals surface area contributed by atoms with Crippen LogP contribution in [0.25, 0.3) is 0 Å². The Balaban J connectivity index is 1.88. The number of nitriles is 2. The number of ether oxygens (including phenoxy) is 2. The van der Waals surface area contributed by atoms with Crippen LogP contribution < -0.4 is 15.2 Å². The van der Waals surface area contributed by atoms with Gasteiger partial charge in [-0.3, -0.25) is 4.79 Å². The third-order valence-corrected chi connectivity index (χ3v) is 3.60. The molecule has 0 saturated carbocycles. The lowest BCUT2D eigenvalue weighted by Gasteiger charge is -2.11. The zero-order chi connectivity index (χ0) is 19.2. The Hall–Kier alpha value is -4.29. The normalized spacial score (nSPS) is 9.70. The van der Waals surface area contributed by atoms with Gasteiger partial charge >= 0.3 is 0 Å². The molecule has 6 nitrogen and oxygen atoms in total. The molecule has 0 heterocycles. The summed E-state index contributed by atoms with van der Waals surface area (Å²) in [7, 11) is 0. The van der Waals surface area contributed by atoms with Crippen LogP contribution in [0.3, 0.4) is 0 Å². The molecule has 0 radical (unpaired) electrons. The Morgan fingerprint density at radius 3 is 1.44 bits per heavy atom. The molecule has 0 aliphatic heterocycles. The fourth-order valence-corrected chi connectivity index (χ4v) is 2.30. The van der Waals surface area contributed by atoms with Crippen molar-refractivity contribution in [3.8, 4) is 35.1 Å². The first kappa shape index (κ1) is 17.5. The lowest BCUT2D eigenvalue weighted by molar-refractivity contribution is 0.0999. The first-order valence-electron chi connectivity index (χ1n) is 7.88. The van der Waals surface area contributed by atoms with Gasteiger partial charge in [0, 0.05) is 11.6 Å². The Labute approximate surface area is 155 Å². The number of nitrogens with zero attached hydrogens (tertiary/aromatic N) is 2. The Morgan fingerprint density at radius 2 is 1.11 bits per heavy atom. The van der Waals surface area contributed by atoms with Crippen molar-refractivity contribution in [1.29, 1.82) is 10.5 Å². The Bertz CT molecular complexity index is 982. The number of carbonyl (C=O) groups is 1. The molecular weight excluding hydrogens is 342 g/mol. The zero-order valence-corrected chi connectivity index (χ0v) is 14.0. The van der Waals surface area contributed by atoms with E-state index >= 15 is 0 Å². The van der Waals surface area contributed by atoms with Gasteiger partial charge in [-0.05, 0) is 60.7 Å². The molecule has 0 bridgehead atoms. The first-order chi connectivity index (χ1) is 13.1. The Morgan fingerprint density at radius 1 is 0.704 bits per heavy atom. The highest BCUT2D eigenvalue weighted by Gasteiger charge is 2.09. The smallest absolute Gasteiger partial charge is 0.248 e. The number of primary amides is 1. The Kier molecular flexibility index (Phi) is 5.02. The maximum Gasteiger partial charge on any atom is 0.248 e. The van der Waals surface area contributed by atoms with Crippen LogP contribution in [0, 0.1) is 22.7 Å². The van der Waals surface area contributed by atoms with Crippen LogP contribution in [0.2, 0.25) is 0 Å². The van der Waals surface area contributed by atoms with E-state index in [0.29, 0.717) is 34.1 Å². The van der Waals surface area contributed by atoms with E-state index in [-0.39, 0.29) is 5.56 Å². The highest BCUT2D eigenvalue weighted by atomic mass is 16.5. The van der Waals surface area contributed by atoms with Crippen molar-refractivity contribution in [2.75, 3.05) is 0 Å². The summed E-state index contributed by atoms with van der Waals surface area (Å²) in [5, 5.41) is 17.7. The SMILES string of the molecule is N#Cc1ccc(Oc2cc(Oc3ccc(C#N)cc3)cc(C(N)=O)c2)cc1. The summed E-state index contributed by atoms with van der Waals surface area (Å²) < 4.78 is 11.5. The molecule has 0 unspecified atom stereocenters. The molecule has 0 atom stereocenters. The summed E-state index contributed by atoms with van der Waals surface area (Å²) >= 11 is 0. The summed E-state index contributed by atoms with van der Waals surface area (Å²) in [6.07, 6.45) is 0. The van der Waals surface area contributed by atoms with E-state index in [1.165, 1.54) is 12.1 Å². The maximum atomic E-state index is 11.6. The largest absolute Gasteiger partial charge is 0.457 e. The van der Waals surface area contributed by atoms with E-state index in [0.717, 1.165) is 0 Å². The highest BCUT2D eigenvalue weighted by Crippen LogP contribution is 2.30. The summed E-state index contributed by atoms with van der Waals surface area (Å²) in [6, 6.07) is 21.8. The average Bonchev–Trinajstić information content (AvgIpc) is 2.69. The fourth-order valence-electron chi connectivity index (χ4n) is 2.30. The lowest BCUT2D eigenvalue weighted by Crippen LogP contribution is -2.11. The molecule has 1 amide bonds. The van der Waals surface area contributed by atoms with Gasteiger partial charge in [0.2, 0.25) is 5.91 Å². The van der Waals surface area contributed by atoms with Crippen molar-refractivity contribution < 1.29 is 14.3 Å². The molecule has 0 spiro atoms. The van der Waals surface area contributed by atoms with Crippen molar-refractivity contribution >= 4 is 5.91 Å². The minimum Gasteiger partial charge on any atom is -0.457 e. The van der Waals surface area contributed by atoms with Gasteiger partial charge in [-0.1, -0.05) is 0 Å². The van der Waals surface area contributed by atoms with Crippen LogP contribution >= 0.6 is 0 Å². The van der Waals surface area contributed by atoms with Crippen molar-refractivity contribution in [1.82, 2.24) is 0 Å². The van der Waals surface area contributed by atoms with E-state index < -0.39 is 5.91 Å². The quantitative estimate of drug-likeness (QED) is 0.740. The maximum absolute atomic E-state index is 11.6. The van der Waals surface area contributed by atoms with Gasteiger partial charge in [-0.2, -0.15) is 10.5 Å². The van der Waals surface area contributed by atoms with E-state index in [1.807, 2.05) is 12.1 Å². The topological polar surface area (TPSA) is 109 Å². The van der Waals surface area contributed by atoms with Crippen LogP contribution in [0.15, 0.2) is 66.7 Å². The minimum absolute atomic E-state index is 0.227. The molecule has 0 fully saturated rings. The monoisotopic (exact) mass is 355 g/mol. The number of rotatable bonds is 5. The summed E-state index contributed by atoms with van der Waals surface area (Å²) in [6.45, 7) is 0. The summed E-state index contributed by atoms with van der Waals surface area (Å²) in [5.74, 6) is 1.10. The first-order valence-corrected chi connectivity index (χ1v) is 7.88. The molecule has 0 aliphatic carbocycles. The highest BCUT2D eigenvalue weighted by molar-refractivity contribution is 5.93. The van der Waals surface area contributed by atoms with Gasteiger partial charge in [-0.25, -0.2) is 0 Å². The van der Waals surface area contributed by atoms with Gasteiger partial charge in [-0.15, -0.1) is 0 Å². The molecule has 3 aromatic rings. The summed E-state index contributed by atoms with van der Waals surface area (Å²) in [5.41, 5.74) is 6.64. The van der Waals surface area contributed by atoms with Crippen molar-refractivity contribution in [3.63, 3.8) is 0 Å². The number of hydrogen-bond acceptors (Lipinski definition) is 5. The van der Waals surface area contributed by atoms with Gasteiger partial charge in [0.05, 0.1) is 23.3 Å². The minimum atomic E-state index is -0.620. The van der Waals surface area contributed by atoms with Crippen LogP contribution in [-0.4, -0.2) is 5.91 Å².